The Morgan fingerprint density at radius 3 is 3.12 bits per heavy atom. The molecule has 17 heavy (non-hydrogen) atoms. The average molecular weight is 302 g/mol. The summed E-state index contributed by atoms with van der Waals surface area (Å²) in [5.74, 6) is 0.166. The fourth-order valence-electron chi connectivity index (χ4n) is 2.39. The van der Waals surface area contributed by atoms with Crippen LogP contribution >= 0.6 is 15.9 Å². The lowest BCUT2D eigenvalue weighted by atomic mass is 9.89. The number of nitrogens with one attached hydrogen (secondary N) is 1. The molecule has 1 aromatic carbocycles. The fraction of sp³-hybridized carbons (Fsp3) is 0.538. The Labute approximate surface area is 110 Å². The van der Waals surface area contributed by atoms with Gasteiger partial charge in [0.15, 0.2) is 0 Å². The van der Waals surface area contributed by atoms with Crippen molar-refractivity contribution in [1.29, 1.82) is 0 Å². The zero-order valence-electron chi connectivity index (χ0n) is 9.88. The number of benzene rings is 1. The van der Waals surface area contributed by atoms with Crippen molar-refractivity contribution < 1.29 is 9.13 Å². The average Bonchev–Trinajstić information content (AvgIpc) is 2.34. The number of rotatable bonds is 3. The van der Waals surface area contributed by atoms with E-state index in [9.17, 15) is 4.39 Å². The van der Waals surface area contributed by atoms with Crippen LogP contribution in [-0.2, 0) is 4.74 Å². The largest absolute Gasteiger partial charge is 0.373 e. The third-order valence-electron chi connectivity index (χ3n) is 3.18. The molecule has 1 fully saturated rings. The molecular formula is C13H17BrFNO. The molecule has 0 bridgehead atoms. The number of ether oxygens (including phenoxy) is 1. The maximum absolute atomic E-state index is 13.8. The lowest BCUT2D eigenvalue weighted by molar-refractivity contribution is -0.0291. The topological polar surface area (TPSA) is 21.3 Å². The van der Waals surface area contributed by atoms with Gasteiger partial charge in [-0.25, -0.2) is 4.39 Å². The number of hydrogen-bond acceptors (Lipinski definition) is 2. The first kappa shape index (κ1) is 13.0. The smallest absolute Gasteiger partial charge is 0.129 e. The second-order valence-corrected chi connectivity index (χ2v) is 5.33. The molecule has 1 aliphatic rings. The Bertz CT molecular complexity index is 384. The van der Waals surface area contributed by atoms with E-state index >= 15 is 0 Å². The van der Waals surface area contributed by atoms with Crippen LogP contribution in [0.3, 0.4) is 0 Å². The van der Waals surface area contributed by atoms with Crippen LogP contribution < -0.4 is 5.32 Å². The van der Waals surface area contributed by atoms with Crippen LogP contribution in [0.5, 0.6) is 0 Å². The van der Waals surface area contributed by atoms with E-state index in [0.29, 0.717) is 11.5 Å². The fourth-order valence-corrected chi connectivity index (χ4v) is 2.77. The Morgan fingerprint density at radius 1 is 1.53 bits per heavy atom. The highest BCUT2D eigenvalue weighted by Gasteiger charge is 2.29. The third-order valence-corrected chi connectivity index (χ3v) is 3.67. The van der Waals surface area contributed by atoms with E-state index in [-0.39, 0.29) is 11.9 Å². The molecule has 0 spiro atoms. The molecule has 0 amide bonds. The lowest BCUT2D eigenvalue weighted by Crippen LogP contribution is -2.30. The summed E-state index contributed by atoms with van der Waals surface area (Å²) in [4.78, 5) is 0. The van der Waals surface area contributed by atoms with Gasteiger partial charge < -0.3 is 10.1 Å². The first-order valence-corrected chi connectivity index (χ1v) is 6.73. The molecule has 1 aliphatic heterocycles. The third kappa shape index (κ3) is 3.06. The van der Waals surface area contributed by atoms with E-state index in [1.54, 1.807) is 6.07 Å². The summed E-state index contributed by atoms with van der Waals surface area (Å²) < 4.78 is 20.5. The summed E-state index contributed by atoms with van der Waals surface area (Å²) >= 11 is 3.38. The summed E-state index contributed by atoms with van der Waals surface area (Å²) in [6.07, 6.45) is 2.00. The van der Waals surface area contributed by atoms with Gasteiger partial charge in [-0.1, -0.05) is 15.9 Å². The minimum atomic E-state index is -0.179. The summed E-state index contributed by atoms with van der Waals surface area (Å²) in [5.41, 5.74) is 0.666. The van der Waals surface area contributed by atoms with Gasteiger partial charge in [0.05, 0.1) is 6.10 Å². The van der Waals surface area contributed by atoms with Crippen LogP contribution in [0.4, 0.5) is 4.39 Å². The first-order valence-electron chi connectivity index (χ1n) is 5.93. The van der Waals surface area contributed by atoms with Crippen LogP contribution in [0.2, 0.25) is 0 Å². The van der Waals surface area contributed by atoms with Crippen LogP contribution in [0.1, 0.15) is 24.5 Å². The SMILES string of the molecule is CNCC1CCCOC1c1cc(Br)ccc1F. The quantitative estimate of drug-likeness (QED) is 0.925. The molecule has 0 radical (unpaired) electrons. The van der Waals surface area contributed by atoms with Crippen molar-refractivity contribution in [3.63, 3.8) is 0 Å². The van der Waals surface area contributed by atoms with E-state index < -0.39 is 0 Å². The molecule has 1 saturated heterocycles. The molecule has 2 unspecified atom stereocenters. The van der Waals surface area contributed by atoms with Crippen molar-refractivity contribution in [2.75, 3.05) is 20.2 Å². The first-order chi connectivity index (χ1) is 8.22. The van der Waals surface area contributed by atoms with Crippen molar-refractivity contribution in [2.45, 2.75) is 18.9 Å². The maximum Gasteiger partial charge on any atom is 0.129 e. The number of hydrogen-bond donors (Lipinski definition) is 1. The van der Waals surface area contributed by atoms with E-state index in [2.05, 4.69) is 21.2 Å². The molecule has 4 heteroatoms. The highest BCUT2D eigenvalue weighted by atomic mass is 79.9. The summed E-state index contributed by atoms with van der Waals surface area (Å²) in [5, 5.41) is 3.16. The molecule has 1 aromatic rings. The molecule has 2 atom stereocenters. The minimum Gasteiger partial charge on any atom is -0.373 e. The summed E-state index contributed by atoms with van der Waals surface area (Å²) in [7, 11) is 1.92. The normalized spacial score (nSPS) is 24.9. The van der Waals surface area contributed by atoms with E-state index in [4.69, 9.17) is 4.74 Å². The van der Waals surface area contributed by atoms with Crippen molar-refractivity contribution in [1.82, 2.24) is 5.32 Å². The molecule has 1 heterocycles. The van der Waals surface area contributed by atoms with Gasteiger partial charge in [0.1, 0.15) is 5.82 Å². The number of halogens is 2. The predicted octanol–water partition coefficient (Wildman–Crippen LogP) is 3.28. The molecular weight excluding hydrogens is 285 g/mol. The maximum atomic E-state index is 13.8. The Morgan fingerprint density at radius 2 is 2.35 bits per heavy atom. The monoisotopic (exact) mass is 301 g/mol. The molecule has 2 rings (SSSR count). The van der Waals surface area contributed by atoms with Gasteiger partial charge in [0.25, 0.3) is 0 Å². The van der Waals surface area contributed by atoms with E-state index in [1.807, 2.05) is 13.1 Å². The highest BCUT2D eigenvalue weighted by molar-refractivity contribution is 9.10. The van der Waals surface area contributed by atoms with Crippen molar-refractivity contribution in [3.05, 3.63) is 34.1 Å². The van der Waals surface area contributed by atoms with Crippen LogP contribution in [0.15, 0.2) is 22.7 Å². The van der Waals surface area contributed by atoms with Gasteiger partial charge in [-0.2, -0.15) is 0 Å². The van der Waals surface area contributed by atoms with Crippen LogP contribution in [-0.4, -0.2) is 20.2 Å². The molecule has 94 valence electrons. The Kier molecular flexibility index (Phi) is 4.54. The Hall–Kier alpha value is -0.450. The Balaban J connectivity index is 2.25. The minimum absolute atomic E-state index is 0.131. The molecule has 0 aromatic heterocycles. The van der Waals surface area contributed by atoms with Gasteiger partial charge >= 0.3 is 0 Å². The zero-order chi connectivity index (χ0) is 12.3. The van der Waals surface area contributed by atoms with Crippen molar-refractivity contribution in [3.8, 4) is 0 Å². The van der Waals surface area contributed by atoms with Crippen LogP contribution in [0, 0.1) is 11.7 Å². The molecule has 1 N–H and O–H groups in total. The molecule has 0 aliphatic carbocycles. The zero-order valence-corrected chi connectivity index (χ0v) is 11.5. The van der Waals surface area contributed by atoms with Gasteiger partial charge in [-0.3, -0.25) is 0 Å². The summed E-state index contributed by atoms with van der Waals surface area (Å²) in [6.45, 7) is 1.58. The predicted molar refractivity (Wildman–Crippen MR) is 69.4 cm³/mol. The molecule has 0 saturated carbocycles. The summed E-state index contributed by atoms with van der Waals surface area (Å²) in [6, 6.07) is 5.04. The van der Waals surface area contributed by atoms with Gasteiger partial charge in [-0.15, -0.1) is 0 Å². The van der Waals surface area contributed by atoms with Gasteiger partial charge in [0, 0.05) is 29.1 Å². The van der Waals surface area contributed by atoms with Crippen molar-refractivity contribution in [2.24, 2.45) is 5.92 Å². The second-order valence-electron chi connectivity index (χ2n) is 4.42. The van der Waals surface area contributed by atoms with Crippen molar-refractivity contribution >= 4 is 15.9 Å². The van der Waals surface area contributed by atoms with E-state index in [0.717, 1.165) is 30.5 Å². The van der Waals surface area contributed by atoms with Crippen LogP contribution in [0.25, 0.3) is 0 Å². The molecule has 2 nitrogen and oxygen atoms in total. The lowest BCUT2D eigenvalue weighted by Gasteiger charge is -2.32. The second kappa shape index (κ2) is 5.94. The van der Waals surface area contributed by atoms with Gasteiger partial charge in [-0.05, 0) is 38.1 Å². The van der Waals surface area contributed by atoms with Gasteiger partial charge in [0.2, 0.25) is 0 Å². The van der Waals surface area contributed by atoms with E-state index in [1.165, 1.54) is 6.07 Å². The highest BCUT2D eigenvalue weighted by Crippen LogP contribution is 2.35. The standard InChI is InChI=1S/C13H17BrFNO/c1-16-8-9-3-2-6-17-13(9)11-7-10(14)4-5-12(11)15/h4-5,7,9,13,16H,2-3,6,8H2,1H3.